The highest BCUT2D eigenvalue weighted by Gasteiger charge is 2.62. The van der Waals surface area contributed by atoms with Crippen molar-refractivity contribution in [1.29, 1.82) is 0 Å². The van der Waals surface area contributed by atoms with Gasteiger partial charge in [-0.1, -0.05) is 5.16 Å². The summed E-state index contributed by atoms with van der Waals surface area (Å²) in [5.74, 6) is -3.10. The van der Waals surface area contributed by atoms with Gasteiger partial charge in [0.2, 0.25) is 17.4 Å². The van der Waals surface area contributed by atoms with Gasteiger partial charge in [0.25, 0.3) is 0 Å². The number of imide groups is 1. The van der Waals surface area contributed by atoms with Gasteiger partial charge in [-0.05, 0) is 31.9 Å². The first kappa shape index (κ1) is 23.6. The second-order valence-corrected chi connectivity index (χ2v) is 9.62. The molecule has 5 heterocycles. The molecule has 6 rings (SSSR count). The summed E-state index contributed by atoms with van der Waals surface area (Å²) in [5.41, 5.74) is -2.87. The summed E-state index contributed by atoms with van der Waals surface area (Å²) in [5, 5.41) is 6.05. The maximum absolute atomic E-state index is 16.1. The summed E-state index contributed by atoms with van der Waals surface area (Å²) in [6, 6.07) is 0.543. The maximum atomic E-state index is 16.1. The molecule has 0 radical (unpaired) electrons. The van der Waals surface area contributed by atoms with Crippen LogP contribution in [0.1, 0.15) is 31.5 Å². The molecule has 1 aromatic carbocycles. The molecule has 0 aliphatic carbocycles. The number of nitrogens with zero attached hydrogens (tertiary/aromatic N) is 4. The molecule has 3 aromatic rings. The molecule has 3 aliphatic rings. The maximum Gasteiger partial charge on any atom is 0.434 e. The van der Waals surface area contributed by atoms with E-state index in [4.69, 9.17) is 9.26 Å². The van der Waals surface area contributed by atoms with E-state index in [0.29, 0.717) is 6.20 Å². The number of ether oxygens (including phenoxy) is 1. The molecular formula is C23H19F4N5O5. The van der Waals surface area contributed by atoms with E-state index in [1.54, 1.807) is 18.7 Å². The summed E-state index contributed by atoms with van der Waals surface area (Å²) < 4.78 is 67.4. The monoisotopic (exact) mass is 521 g/mol. The fourth-order valence-electron chi connectivity index (χ4n) is 5.91. The normalized spacial score (nSPS) is 28.0. The number of fused-ring (bicyclic) bond motifs is 5. The van der Waals surface area contributed by atoms with Crippen LogP contribution in [-0.2, 0) is 31.7 Å². The molecule has 1 N–H and O–H groups in total. The number of hydrogen-bond acceptors (Lipinski definition) is 8. The number of morpholine rings is 1. The van der Waals surface area contributed by atoms with E-state index >= 15 is 4.39 Å². The average molecular weight is 521 g/mol. The quantitative estimate of drug-likeness (QED) is 0.295. The smallest absolute Gasteiger partial charge is 0.372 e. The number of nitrogens with one attached hydrogen (secondary N) is 1. The number of piperidine rings is 1. The third-order valence-electron chi connectivity index (χ3n) is 7.28. The molecule has 2 amide bonds. The molecule has 37 heavy (non-hydrogen) atoms. The van der Waals surface area contributed by atoms with E-state index in [1.165, 1.54) is 6.07 Å². The number of halogens is 4. The van der Waals surface area contributed by atoms with Crippen molar-refractivity contribution in [2.75, 3.05) is 11.4 Å². The Bertz CT molecular complexity index is 1470. The standard InChI is InChI=1S/C23H19F4N5O5/c1-9-6-32-17-11(5-22(19(32)10(2)36-9)14(33)4-15(34)29-21(22)35)3-12-18(16(17)24)37-30-20(12)31-7-13(28-8-31)23(25,26)27/h3,7-10,19H,4-6H2,1-2H3,(H,29,34,35)/t9-,10+,19-,22?/m1/s1. The number of amides is 2. The second-order valence-electron chi connectivity index (χ2n) is 9.62. The lowest BCUT2D eigenvalue weighted by molar-refractivity contribution is -0.158. The molecule has 1 unspecified atom stereocenters. The van der Waals surface area contributed by atoms with Crippen LogP contribution in [0.25, 0.3) is 16.8 Å². The SMILES string of the molecule is C[C@@H]1CN2c3c(cc4c(-n5cnc(C(F)(F)F)c5)noc4c3F)CC3(C(=O)CC(=O)NC3=O)[C@H]2[C@H](C)O1. The molecule has 0 bridgehead atoms. The Hall–Kier alpha value is -3.81. The van der Waals surface area contributed by atoms with Crippen LogP contribution in [0.5, 0.6) is 0 Å². The van der Waals surface area contributed by atoms with Crippen molar-refractivity contribution in [3.05, 3.63) is 35.7 Å². The van der Waals surface area contributed by atoms with Crippen molar-refractivity contribution >= 4 is 34.3 Å². The summed E-state index contributed by atoms with van der Waals surface area (Å²) >= 11 is 0. The Balaban J connectivity index is 1.56. The molecule has 2 aromatic heterocycles. The second kappa shape index (κ2) is 7.60. The molecule has 4 atom stereocenters. The van der Waals surface area contributed by atoms with Gasteiger partial charge >= 0.3 is 6.18 Å². The van der Waals surface area contributed by atoms with Crippen molar-refractivity contribution in [1.82, 2.24) is 20.0 Å². The number of hydrogen-bond donors (Lipinski definition) is 1. The Kier molecular flexibility index (Phi) is 4.84. The van der Waals surface area contributed by atoms with Gasteiger partial charge in [-0.2, -0.15) is 13.2 Å². The molecule has 3 aliphatic heterocycles. The van der Waals surface area contributed by atoms with E-state index in [1.807, 2.05) is 0 Å². The van der Waals surface area contributed by atoms with Crippen LogP contribution in [0.3, 0.4) is 0 Å². The number of anilines is 1. The van der Waals surface area contributed by atoms with Crippen LogP contribution < -0.4 is 10.2 Å². The molecule has 14 heteroatoms. The van der Waals surface area contributed by atoms with Crippen LogP contribution in [0.15, 0.2) is 23.1 Å². The number of aromatic nitrogens is 3. The minimum atomic E-state index is -4.70. The minimum Gasteiger partial charge on any atom is -0.372 e. The first-order chi connectivity index (χ1) is 17.4. The summed E-state index contributed by atoms with van der Waals surface area (Å²) in [7, 11) is 0. The highest BCUT2D eigenvalue weighted by molar-refractivity contribution is 6.22. The van der Waals surface area contributed by atoms with Crippen molar-refractivity contribution in [2.24, 2.45) is 5.41 Å². The topological polar surface area (TPSA) is 120 Å². The zero-order valence-electron chi connectivity index (χ0n) is 19.4. The molecule has 1 spiro atoms. The number of alkyl halides is 3. The predicted octanol–water partition coefficient (Wildman–Crippen LogP) is 2.31. The Morgan fingerprint density at radius 3 is 2.65 bits per heavy atom. The number of carbonyl (C=O) groups excluding carboxylic acids is 3. The largest absolute Gasteiger partial charge is 0.434 e. The third kappa shape index (κ3) is 3.24. The lowest BCUT2D eigenvalue weighted by Crippen LogP contribution is -2.72. The van der Waals surface area contributed by atoms with Gasteiger partial charge in [0.1, 0.15) is 11.7 Å². The van der Waals surface area contributed by atoms with Gasteiger partial charge in [0.05, 0.1) is 35.7 Å². The van der Waals surface area contributed by atoms with Gasteiger partial charge in [0, 0.05) is 12.7 Å². The number of rotatable bonds is 1. The molecule has 2 saturated heterocycles. The van der Waals surface area contributed by atoms with Gasteiger partial charge in [-0.3, -0.25) is 24.3 Å². The number of ketones is 1. The fraction of sp³-hybridized carbons (Fsp3) is 0.435. The van der Waals surface area contributed by atoms with Crippen molar-refractivity contribution in [3.8, 4) is 5.82 Å². The summed E-state index contributed by atoms with van der Waals surface area (Å²) in [6.45, 7) is 3.58. The first-order valence-corrected chi connectivity index (χ1v) is 11.4. The van der Waals surface area contributed by atoms with Gasteiger partial charge < -0.3 is 14.2 Å². The number of imidazole rings is 1. The van der Waals surface area contributed by atoms with Gasteiger partial charge in [-0.15, -0.1) is 0 Å². The number of benzene rings is 1. The molecule has 0 saturated carbocycles. The minimum absolute atomic E-state index is 0.0325. The Labute approximate surface area is 205 Å². The lowest BCUT2D eigenvalue weighted by atomic mass is 9.63. The zero-order chi connectivity index (χ0) is 26.4. The van der Waals surface area contributed by atoms with E-state index in [0.717, 1.165) is 10.9 Å². The van der Waals surface area contributed by atoms with E-state index < -0.39 is 59.3 Å². The molecular weight excluding hydrogens is 502 g/mol. The zero-order valence-corrected chi connectivity index (χ0v) is 19.4. The third-order valence-corrected chi connectivity index (χ3v) is 7.28. The van der Waals surface area contributed by atoms with Gasteiger partial charge in [0.15, 0.2) is 23.1 Å². The van der Waals surface area contributed by atoms with Crippen LogP contribution in [0, 0.1) is 11.2 Å². The summed E-state index contributed by atoms with van der Waals surface area (Å²) in [4.78, 5) is 43.5. The lowest BCUT2D eigenvalue weighted by Gasteiger charge is -2.55. The van der Waals surface area contributed by atoms with Crippen LogP contribution in [0.2, 0.25) is 0 Å². The molecule has 194 valence electrons. The highest BCUT2D eigenvalue weighted by atomic mass is 19.4. The molecule has 2 fully saturated rings. The predicted molar refractivity (Wildman–Crippen MR) is 116 cm³/mol. The average Bonchev–Trinajstić information content (AvgIpc) is 3.44. The highest BCUT2D eigenvalue weighted by Crippen LogP contribution is 2.50. The Morgan fingerprint density at radius 2 is 1.97 bits per heavy atom. The van der Waals surface area contributed by atoms with Gasteiger partial charge in [-0.25, -0.2) is 9.37 Å². The van der Waals surface area contributed by atoms with E-state index in [2.05, 4.69) is 15.5 Å². The van der Waals surface area contributed by atoms with Crippen molar-refractivity contribution in [3.63, 3.8) is 0 Å². The van der Waals surface area contributed by atoms with Crippen LogP contribution >= 0.6 is 0 Å². The summed E-state index contributed by atoms with van der Waals surface area (Å²) in [6.07, 6.45) is -4.96. The fourth-order valence-corrected chi connectivity index (χ4v) is 5.91. The van der Waals surface area contributed by atoms with Crippen molar-refractivity contribution < 1.29 is 41.2 Å². The van der Waals surface area contributed by atoms with Crippen LogP contribution in [0.4, 0.5) is 23.2 Å². The first-order valence-electron chi connectivity index (χ1n) is 11.4. The number of carbonyl (C=O) groups is 3. The number of Topliss-reactive ketones (excluding diaryl/α,β-unsaturated/α-hetero) is 1. The van der Waals surface area contributed by atoms with Crippen molar-refractivity contribution in [2.45, 2.75) is 51.1 Å². The van der Waals surface area contributed by atoms with Crippen LogP contribution in [-0.4, -0.2) is 57.1 Å². The molecule has 10 nitrogen and oxygen atoms in total. The Morgan fingerprint density at radius 1 is 1.22 bits per heavy atom. The van der Waals surface area contributed by atoms with E-state index in [-0.39, 0.29) is 47.1 Å². The van der Waals surface area contributed by atoms with E-state index in [9.17, 15) is 27.6 Å².